The van der Waals surface area contributed by atoms with Crippen molar-refractivity contribution in [3.63, 3.8) is 0 Å². The van der Waals surface area contributed by atoms with Crippen molar-refractivity contribution in [3.05, 3.63) is 105 Å². The molecule has 19 heteroatoms. The molecule has 11 rings (SSSR count). The molecule has 4 fully saturated rings. The van der Waals surface area contributed by atoms with Gasteiger partial charge in [-0.3, -0.25) is 19.3 Å². The molecule has 16 nitrogen and oxygen atoms in total. The number of H-pyrrole nitrogens is 1. The normalized spacial score (nSPS) is 26.6. The Hall–Kier alpha value is -5.73. The summed E-state index contributed by atoms with van der Waals surface area (Å²) < 4.78 is 5.94. The maximum absolute atomic E-state index is 15.3. The maximum Gasteiger partial charge on any atom is 0.340 e. The number of piperazine rings is 1. The number of anilines is 3. The van der Waals surface area contributed by atoms with Gasteiger partial charge in [0.2, 0.25) is 15.2 Å². The lowest BCUT2D eigenvalue weighted by Gasteiger charge is -2.51. The molecule has 1 aromatic heterocycles. The summed E-state index contributed by atoms with van der Waals surface area (Å²) in [4.78, 5) is 76.7. The molecule has 3 aromatic carbocycles. The number of amides is 2. The molecule has 2 amide bonds. The number of carboxylic acid groups (broad SMARTS) is 2. The van der Waals surface area contributed by atoms with E-state index in [-0.39, 0.29) is 28.2 Å². The number of aromatic carboxylic acids is 2. The highest BCUT2D eigenvalue weighted by molar-refractivity contribution is 9.10. The minimum absolute atomic E-state index is 0.0437. The number of hydrogen-bond donors (Lipinski definition) is 6. The zero-order valence-electron chi connectivity index (χ0n) is 28.6. The highest BCUT2D eigenvalue weighted by Crippen LogP contribution is 2.72. The van der Waals surface area contributed by atoms with Crippen LogP contribution in [0.3, 0.4) is 0 Å². The Bertz CT molecular complexity index is 2830. The minimum Gasteiger partial charge on any atom is -0.478 e. The van der Waals surface area contributed by atoms with Gasteiger partial charge in [0.25, 0.3) is 11.8 Å². The SMILES string of the molecule is CN1C(=O)[C@]23SSS[C@@]1(CO)C(=O)N2[C@H]1N(c2ccc4oc5cc(=O)c(N)c(C(=O)O)c-5nc4c2C(=O)O)c2ccccc2[C@@]1(c1c[nH]c2ccccc12)[C@@H]3O. The lowest BCUT2D eigenvalue weighted by molar-refractivity contribution is -0.168. The van der Waals surface area contributed by atoms with Crippen molar-refractivity contribution >= 4 is 94.2 Å². The summed E-state index contributed by atoms with van der Waals surface area (Å²) in [5, 5.41) is 45.9. The maximum atomic E-state index is 15.3. The first-order valence-corrected chi connectivity index (χ1v) is 20.4. The number of nitrogens with zero attached hydrogens (tertiary/aromatic N) is 4. The minimum atomic E-state index is -1.98. The predicted octanol–water partition coefficient (Wildman–Crippen LogP) is 3.62. The second-order valence-electron chi connectivity index (χ2n) is 13.8. The van der Waals surface area contributed by atoms with Crippen LogP contribution in [0.5, 0.6) is 0 Å². The number of para-hydroxylation sites is 2. The number of carbonyl (C=O) groups excluding carboxylic acids is 2. The van der Waals surface area contributed by atoms with Crippen LogP contribution in [0, 0.1) is 0 Å². The highest BCUT2D eigenvalue weighted by Gasteiger charge is 2.82. The van der Waals surface area contributed by atoms with Gasteiger partial charge >= 0.3 is 11.9 Å². The molecule has 0 radical (unpaired) electrons. The predicted molar refractivity (Wildman–Crippen MR) is 208 cm³/mol. The molecule has 1 aliphatic carbocycles. The van der Waals surface area contributed by atoms with E-state index in [1.807, 2.05) is 24.3 Å². The number of nitrogen functional groups attached to an aromatic ring is 1. The van der Waals surface area contributed by atoms with E-state index in [2.05, 4.69) is 9.97 Å². The first-order chi connectivity index (χ1) is 26.9. The lowest BCUT2D eigenvalue weighted by atomic mass is 9.70. The summed E-state index contributed by atoms with van der Waals surface area (Å²) in [7, 11) is 4.49. The third kappa shape index (κ3) is 3.85. The van der Waals surface area contributed by atoms with Gasteiger partial charge in [-0.15, -0.1) is 0 Å². The first kappa shape index (κ1) is 34.7. The number of nitrogens with one attached hydrogen (secondary N) is 1. The zero-order chi connectivity index (χ0) is 39.2. The van der Waals surface area contributed by atoms with Crippen LogP contribution in [0.2, 0.25) is 0 Å². The van der Waals surface area contributed by atoms with Crippen molar-refractivity contribution in [2.45, 2.75) is 27.4 Å². The molecule has 56 heavy (non-hydrogen) atoms. The van der Waals surface area contributed by atoms with Gasteiger partial charge in [0.15, 0.2) is 11.3 Å². The lowest BCUT2D eigenvalue weighted by Crippen LogP contribution is -2.75. The standard InChI is InChI=1S/C37H26N6O10S3/c1-41-34(52)37-31(50)36(17-13-39-18-8-4-2-6-15(17)18)16-7-3-5-9-19(16)42(32(36)43(37)33(51)35(41,14-44)54-56-55-37)20-10-11-22-27(24(20)29(46)47)40-28-23(53-22)12-21(45)26(38)25(28)30(48)49/h2-13,31-32,39,44,50H,14,38H2,1H3,(H,46,47)(H,48,49)/t31-,32+,35-,36+,37-/m0/s1. The van der Waals surface area contributed by atoms with Gasteiger partial charge in [0.05, 0.1) is 23.4 Å². The molecule has 1 spiro atoms. The fourth-order valence-corrected chi connectivity index (χ4v) is 14.9. The Morgan fingerprint density at radius 1 is 0.946 bits per heavy atom. The third-order valence-electron chi connectivity index (χ3n) is 11.5. The fourth-order valence-electron chi connectivity index (χ4n) is 9.04. The van der Waals surface area contributed by atoms with Crippen molar-refractivity contribution < 1.29 is 44.0 Å². The quantitative estimate of drug-likeness (QED) is 0.0827. The van der Waals surface area contributed by atoms with Gasteiger partial charge < -0.3 is 45.4 Å². The van der Waals surface area contributed by atoms with Crippen LogP contribution in [-0.4, -0.2) is 99.6 Å². The van der Waals surface area contributed by atoms with Crippen molar-refractivity contribution in [1.82, 2.24) is 19.8 Å². The number of carboxylic acids is 2. The summed E-state index contributed by atoms with van der Waals surface area (Å²) in [6, 6.07) is 18.1. The molecule has 7 aliphatic rings. The van der Waals surface area contributed by atoms with Gasteiger partial charge in [0.1, 0.15) is 34.6 Å². The van der Waals surface area contributed by atoms with Crippen molar-refractivity contribution in [3.8, 4) is 11.5 Å². The molecule has 7 N–H and O–H groups in total. The van der Waals surface area contributed by atoms with Gasteiger partial charge in [0, 0.05) is 35.9 Å². The van der Waals surface area contributed by atoms with E-state index in [1.54, 1.807) is 35.4 Å². The van der Waals surface area contributed by atoms with Crippen LogP contribution in [-0.2, 0) is 15.0 Å². The summed E-state index contributed by atoms with van der Waals surface area (Å²) in [6.45, 7) is -0.760. The Labute approximate surface area is 325 Å². The molecule has 4 saturated heterocycles. The average molecular weight is 811 g/mol. The van der Waals surface area contributed by atoms with Gasteiger partial charge in [-0.25, -0.2) is 14.6 Å². The fraction of sp³-hybridized carbons (Fsp3) is 0.189. The molecule has 2 bridgehead atoms. The van der Waals surface area contributed by atoms with E-state index in [0.29, 0.717) is 27.7 Å². The Balaban J connectivity index is 1.35. The van der Waals surface area contributed by atoms with E-state index in [4.69, 9.17) is 10.2 Å². The van der Waals surface area contributed by atoms with Crippen molar-refractivity contribution in [2.75, 3.05) is 24.3 Å². The van der Waals surface area contributed by atoms with Crippen LogP contribution in [0.15, 0.2) is 82.1 Å². The molecular weight excluding hydrogens is 785 g/mol. The topological polar surface area (TPSA) is 244 Å². The number of rotatable bonds is 5. The van der Waals surface area contributed by atoms with Crippen LogP contribution in [0.1, 0.15) is 31.8 Å². The van der Waals surface area contributed by atoms with E-state index in [1.165, 1.54) is 29.0 Å². The average Bonchev–Trinajstić information content (AvgIpc) is 3.75. The molecular formula is C37H26N6O10S3. The highest BCUT2D eigenvalue weighted by atomic mass is 33.5. The Morgan fingerprint density at radius 2 is 1.68 bits per heavy atom. The van der Waals surface area contributed by atoms with Crippen LogP contribution < -0.4 is 16.1 Å². The summed E-state index contributed by atoms with van der Waals surface area (Å²) >= 11 is 0. The van der Waals surface area contributed by atoms with Gasteiger partial charge in [-0.1, -0.05) is 36.4 Å². The van der Waals surface area contributed by atoms with E-state index in [9.17, 15) is 39.6 Å². The molecule has 7 heterocycles. The van der Waals surface area contributed by atoms with Crippen LogP contribution in [0.4, 0.5) is 17.1 Å². The smallest absolute Gasteiger partial charge is 0.340 e. The number of hydrogen-bond acceptors (Lipinski definition) is 14. The largest absolute Gasteiger partial charge is 0.478 e. The second kappa shape index (κ2) is 11.4. The molecule has 4 aromatic rings. The number of carbonyl (C=O) groups is 4. The summed E-state index contributed by atoms with van der Waals surface area (Å²) in [5.74, 6) is -4.65. The number of fused-ring (bicyclic) bond motifs is 9. The molecule has 5 atom stereocenters. The number of aliphatic hydroxyl groups is 2. The number of benzene rings is 4. The summed E-state index contributed by atoms with van der Waals surface area (Å²) in [5.41, 5.74) is 2.94. The van der Waals surface area contributed by atoms with E-state index in [0.717, 1.165) is 37.5 Å². The van der Waals surface area contributed by atoms with E-state index < -0.39 is 80.0 Å². The zero-order valence-corrected chi connectivity index (χ0v) is 31.1. The molecule has 0 unspecified atom stereocenters. The van der Waals surface area contributed by atoms with Crippen LogP contribution >= 0.6 is 31.4 Å². The number of nitrogens with two attached hydrogens (primary N) is 1. The number of aliphatic hydroxyl groups excluding tert-OH is 2. The third-order valence-corrected chi connectivity index (χ3v) is 16.5. The molecule has 282 valence electrons. The monoisotopic (exact) mass is 810 g/mol. The number of aromatic amines is 1. The summed E-state index contributed by atoms with van der Waals surface area (Å²) in [6.07, 6.45) is -1.29. The second-order valence-corrected chi connectivity index (χ2v) is 18.2. The van der Waals surface area contributed by atoms with Crippen molar-refractivity contribution in [2.24, 2.45) is 0 Å². The Kier molecular flexibility index (Phi) is 7.08. The molecule has 0 saturated carbocycles. The number of aromatic nitrogens is 2. The first-order valence-electron chi connectivity index (χ1n) is 16.9. The van der Waals surface area contributed by atoms with Gasteiger partial charge in [-0.2, -0.15) is 0 Å². The van der Waals surface area contributed by atoms with Crippen molar-refractivity contribution in [1.29, 1.82) is 0 Å². The van der Waals surface area contributed by atoms with Gasteiger partial charge in [-0.05, 0) is 66.8 Å². The Morgan fingerprint density at radius 3 is 2.43 bits per heavy atom. The molecule has 6 aliphatic heterocycles. The van der Waals surface area contributed by atoms with E-state index >= 15 is 4.79 Å². The number of likely N-dealkylation sites (N-methyl/N-ethyl adjacent to an activating group) is 1. The van der Waals surface area contributed by atoms with Crippen LogP contribution in [0.25, 0.3) is 33.5 Å².